The van der Waals surface area contributed by atoms with Gasteiger partial charge in [-0.15, -0.1) is 0 Å². The number of anilines is 1. The van der Waals surface area contributed by atoms with E-state index in [4.69, 9.17) is 0 Å². The predicted molar refractivity (Wildman–Crippen MR) is 81.7 cm³/mol. The number of aromatic amines is 1. The molecule has 0 saturated carbocycles. The number of carbonyl (C=O) groups excluding carboxylic acids is 1. The Balaban J connectivity index is 2.19. The van der Waals surface area contributed by atoms with E-state index in [1.54, 1.807) is 12.1 Å². The molecular formula is C15H16N4O2. The van der Waals surface area contributed by atoms with E-state index in [9.17, 15) is 9.90 Å². The normalized spacial score (nSPS) is 11.0. The Morgan fingerprint density at radius 3 is 2.81 bits per heavy atom. The van der Waals surface area contributed by atoms with Gasteiger partial charge in [-0.25, -0.2) is 4.98 Å². The maximum Gasteiger partial charge on any atom is 0.163 e. The van der Waals surface area contributed by atoms with Gasteiger partial charge in [0.2, 0.25) is 0 Å². The van der Waals surface area contributed by atoms with Gasteiger partial charge in [0.25, 0.3) is 0 Å². The van der Waals surface area contributed by atoms with Gasteiger partial charge in [-0.2, -0.15) is 0 Å². The van der Waals surface area contributed by atoms with E-state index in [0.29, 0.717) is 22.4 Å². The van der Waals surface area contributed by atoms with Gasteiger partial charge in [0.1, 0.15) is 5.52 Å². The molecule has 0 atom stereocenters. The number of nitrogens with one attached hydrogen (secondary N) is 2. The minimum atomic E-state index is -0.179. The van der Waals surface area contributed by atoms with Crippen molar-refractivity contribution >= 4 is 22.5 Å². The SMILES string of the molecule is CNc1cc(-c2nc3ccc(C(C)=O)c(O)c3[nH]2)n(C)c1. The summed E-state index contributed by atoms with van der Waals surface area (Å²) in [5, 5.41) is 13.3. The summed E-state index contributed by atoms with van der Waals surface area (Å²) in [6, 6.07) is 5.28. The van der Waals surface area contributed by atoms with Crippen molar-refractivity contribution < 1.29 is 9.90 Å². The van der Waals surface area contributed by atoms with E-state index >= 15 is 0 Å². The third-order valence-corrected chi connectivity index (χ3v) is 3.55. The van der Waals surface area contributed by atoms with Gasteiger partial charge in [0.05, 0.1) is 22.5 Å². The van der Waals surface area contributed by atoms with E-state index in [2.05, 4.69) is 15.3 Å². The van der Waals surface area contributed by atoms with Crippen molar-refractivity contribution in [3.8, 4) is 17.3 Å². The van der Waals surface area contributed by atoms with E-state index in [0.717, 1.165) is 11.4 Å². The third-order valence-electron chi connectivity index (χ3n) is 3.55. The molecule has 3 aromatic rings. The van der Waals surface area contributed by atoms with Crippen LogP contribution in [0.15, 0.2) is 24.4 Å². The fourth-order valence-electron chi connectivity index (χ4n) is 2.41. The number of aromatic hydroxyl groups is 1. The van der Waals surface area contributed by atoms with Crippen LogP contribution < -0.4 is 5.32 Å². The molecule has 0 aliphatic rings. The van der Waals surface area contributed by atoms with Crippen LogP contribution in [-0.2, 0) is 7.05 Å². The lowest BCUT2D eigenvalue weighted by Crippen LogP contribution is -1.92. The van der Waals surface area contributed by atoms with Crippen LogP contribution in [0.1, 0.15) is 17.3 Å². The number of rotatable bonds is 3. The summed E-state index contributed by atoms with van der Waals surface area (Å²) in [5.74, 6) is 0.411. The van der Waals surface area contributed by atoms with Gasteiger partial charge < -0.3 is 20.0 Å². The number of phenolic OH excluding ortho intramolecular Hbond substituents is 1. The molecular weight excluding hydrogens is 268 g/mol. The topological polar surface area (TPSA) is 82.9 Å². The lowest BCUT2D eigenvalue weighted by atomic mass is 10.1. The van der Waals surface area contributed by atoms with Crippen LogP contribution >= 0.6 is 0 Å². The van der Waals surface area contributed by atoms with Crippen LogP contribution in [0.2, 0.25) is 0 Å². The molecule has 0 spiro atoms. The number of phenols is 1. The zero-order valence-electron chi connectivity index (χ0n) is 12.1. The number of H-pyrrole nitrogens is 1. The van der Waals surface area contributed by atoms with Crippen molar-refractivity contribution in [2.45, 2.75) is 6.92 Å². The summed E-state index contributed by atoms with van der Waals surface area (Å²) in [5.41, 5.74) is 3.26. The zero-order valence-corrected chi connectivity index (χ0v) is 12.1. The second-order valence-electron chi connectivity index (χ2n) is 4.97. The van der Waals surface area contributed by atoms with Crippen molar-refractivity contribution in [2.24, 2.45) is 7.05 Å². The number of aryl methyl sites for hydroxylation is 1. The Bertz CT molecular complexity index is 845. The van der Waals surface area contributed by atoms with E-state index in [1.165, 1.54) is 6.92 Å². The summed E-state index contributed by atoms with van der Waals surface area (Å²) in [7, 11) is 3.77. The van der Waals surface area contributed by atoms with Crippen molar-refractivity contribution in [3.63, 3.8) is 0 Å². The highest BCUT2D eigenvalue weighted by Crippen LogP contribution is 2.31. The molecule has 0 amide bonds. The maximum absolute atomic E-state index is 11.5. The quantitative estimate of drug-likeness (QED) is 0.645. The molecule has 3 rings (SSSR count). The lowest BCUT2D eigenvalue weighted by Gasteiger charge is -2.00. The summed E-state index contributed by atoms with van der Waals surface area (Å²) >= 11 is 0. The van der Waals surface area contributed by atoms with Crippen molar-refractivity contribution in [3.05, 3.63) is 30.0 Å². The smallest absolute Gasteiger partial charge is 0.163 e. The first-order valence-electron chi connectivity index (χ1n) is 6.58. The third kappa shape index (κ3) is 2.05. The summed E-state index contributed by atoms with van der Waals surface area (Å²) < 4.78 is 1.94. The van der Waals surface area contributed by atoms with Crippen LogP contribution in [0.3, 0.4) is 0 Å². The minimum absolute atomic E-state index is 0.0539. The first-order chi connectivity index (χ1) is 10.0. The predicted octanol–water partition coefficient (Wildman–Crippen LogP) is 2.52. The van der Waals surface area contributed by atoms with Gasteiger partial charge in [-0.05, 0) is 25.1 Å². The molecule has 2 heterocycles. The molecule has 0 radical (unpaired) electrons. The Kier molecular flexibility index (Phi) is 2.94. The van der Waals surface area contributed by atoms with Gasteiger partial charge in [0.15, 0.2) is 17.4 Å². The number of aromatic nitrogens is 3. The number of Topliss-reactive ketones (excluding diaryl/α,β-unsaturated/α-hetero) is 1. The zero-order chi connectivity index (χ0) is 15.1. The van der Waals surface area contributed by atoms with E-state index in [-0.39, 0.29) is 11.5 Å². The molecule has 0 bridgehead atoms. The molecule has 0 aliphatic heterocycles. The number of hydrogen-bond acceptors (Lipinski definition) is 4. The lowest BCUT2D eigenvalue weighted by molar-refractivity contribution is 0.101. The monoisotopic (exact) mass is 284 g/mol. The Morgan fingerprint density at radius 2 is 2.19 bits per heavy atom. The number of ketones is 1. The molecule has 0 aliphatic carbocycles. The minimum Gasteiger partial charge on any atom is -0.505 e. The summed E-state index contributed by atoms with van der Waals surface area (Å²) in [4.78, 5) is 19.0. The van der Waals surface area contributed by atoms with Crippen LogP contribution in [0, 0.1) is 0 Å². The molecule has 0 saturated heterocycles. The molecule has 21 heavy (non-hydrogen) atoms. The molecule has 1 aromatic carbocycles. The molecule has 108 valence electrons. The first-order valence-corrected chi connectivity index (χ1v) is 6.58. The van der Waals surface area contributed by atoms with Crippen molar-refractivity contribution in [1.82, 2.24) is 14.5 Å². The number of hydrogen-bond donors (Lipinski definition) is 3. The fraction of sp³-hybridized carbons (Fsp3) is 0.200. The Hall–Kier alpha value is -2.76. The second-order valence-corrected chi connectivity index (χ2v) is 4.97. The van der Waals surface area contributed by atoms with Crippen molar-refractivity contribution in [1.29, 1.82) is 0 Å². The average Bonchev–Trinajstić information content (AvgIpc) is 3.02. The molecule has 6 heteroatoms. The summed E-state index contributed by atoms with van der Waals surface area (Å²) in [6.45, 7) is 1.43. The maximum atomic E-state index is 11.5. The molecule has 6 nitrogen and oxygen atoms in total. The molecule has 3 N–H and O–H groups in total. The number of imidazole rings is 1. The highest BCUT2D eigenvalue weighted by Gasteiger charge is 2.16. The van der Waals surface area contributed by atoms with E-state index < -0.39 is 0 Å². The number of carbonyl (C=O) groups is 1. The molecule has 0 fully saturated rings. The first kappa shape index (κ1) is 13.2. The molecule has 2 aromatic heterocycles. The highest BCUT2D eigenvalue weighted by molar-refractivity contribution is 6.02. The van der Waals surface area contributed by atoms with Gasteiger partial charge in [-0.3, -0.25) is 4.79 Å². The van der Waals surface area contributed by atoms with Crippen LogP contribution in [-0.4, -0.2) is 32.5 Å². The Morgan fingerprint density at radius 1 is 1.43 bits per heavy atom. The fourth-order valence-corrected chi connectivity index (χ4v) is 2.41. The number of fused-ring (bicyclic) bond motifs is 1. The van der Waals surface area contributed by atoms with Crippen LogP contribution in [0.4, 0.5) is 5.69 Å². The van der Waals surface area contributed by atoms with E-state index in [1.807, 2.05) is 30.9 Å². The second kappa shape index (κ2) is 4.66. The van der Waals surface area contributed by atoms with Gasteiger partial charge in [-0.1, -0.05) is 0 Å². The largest absolute Gasteiger partial charge is 0.505 e. The van der Waals surface area contributed by atoms with Crippen molar-refractivity contribution in [2.75, 3.05) is 12.4 Å². The van der Waals surface area contributed by atoms with Gasteiger partial charge >= 0.3 is 0 Å². The number of nitrogens with zero attached hydrogens (tertiary/aromatic N) is 2. The number of benzene rings is 1. The van der Waals surface area contributed by atoms with Crippen LogP contribution in [0.25, 0.3) is 22.6 Å². The Labute approximate surface area is 121 Å². The van der Waals surface area contributed by atoms with Crippen LogP contribution in [0.5, 0.6) is 5.75 Å². The summed E-state index contributed by atoms with van der Waals surface area (Å²) in [6.07, 6.45) is 1.95. The standard InChI is InChI=1S/C15H16N4O2/c1-8(20)10-4-5-11-13(14(10)21)18-15(17-11)12-6-9(16-2)7-19(12)3/h4-7,16,21H,1-3H3,(H,17,18). The van der Waals surface area contributed by atoms with Gasteiger partial charge in [0, 0.05) is 20.3 Å². The molecule has 0 unspecified atom stereocenters. The average molecular weight is 284 g/mol. The highest BCUT2D eigenvalue weighted by atomic mass is 16.3.